The molecule has 1 radical (unpaired) electrons. The van der Waals surface area contributed by atoms with Crippen molar-refractivity contribution in [1.82, 2.24) is 0 Å². The minimum Gasteiger partial charge on any atom is -0.375 e. The SMILES string of the molecule is [CH2]COC1(C)CCC1. The molecule has 0 unspecified atom stereocenters. The molecule has 1 aliphatic rings. The van der Waals surface area contributed by atoms with Gasteiger partial charge in [-0.05, 0) is 33.1 Å². The van der Waals surface area contributed by atoms with Crippen LogP contribution in [0.25, 0.3) is 0 Å². The monoisotopic (exact) mass is 113 g/mol. The third kappa shape index (κ3) is 1.03. The van der Waals surface area contributed by atoms with E-state index in [2.05, 4.69) is 13.8 Å². The van der Waals surface area contributed by atoms with Crippen LogP contribution in [0.2, 0.25) is 0 Å². The van der Waals surface area contributed by atoms with Gasteiger partial charge in [0.05, 0.1) is 5.60 Å². The van der Waals surface area contributed by atoms with Gasteiger partial charge in [0.1, 0.15) is 0 Å². The Hall–Kier alpha value is -0.0400. The van der Waals surface area contributed by atoms with Crippen molar-refractivity contribution in [3.05, 3.63) is 6.92 Å². The zero-order chi connectivity index (χ0) is 6.04. The molecule has 0 aliphatic heterocycles. The van der Waals surface area contributed by atoms with Gasteiger partial charge in [-0.2, -0.15) is 0 Å². The number of rotatable bonds is 2. The summed E-state index contributed by atoms with van der Waals surface area (Å²) in [6, 6.07) is 0. The molecule has 0 aromatic rings. The summed E-state index contributed by atoms with van der Waals surface area (Å²) in [7, 11) is 0. The van der Waals surface area contributed by atoms with Crippen LogP contribution < -0.4 is 0 Å². The molecule has 0 atom stereocenters. The Kier molecular flexibility index (Phi) is 1.57. The van der Waals surface area contributed by atoms with Crippen molar-refractivity contribution in [3.63, 3.8) is 0 Å². The Labute approximate surface area is 51.0 Å². The van der Waals surface area contributed by atoms with E-state index in [0.29, 0.717) is 6.61 Å². The molecule has 1 nitrogen and oxygen atoms in total. The van der Waals surface area contributed by atoms with Crippen LogP contribution in [0, 0.1) is 6.92 Å². The lowest BCUT2D eigenvalue weighted by molar-refractivity contribution is -0.0737. The van der Waals surface area contributed by atoms with Gasteiger partial charge in [-0.1, -0.05) is 0 Å². The molecule has 0 heterocycles. The quantitative estimate of drug-likeness (QED) is 0.530. The smallest absolute Gasteiger partial charge is 0.0654 e. The average molecular weight is 113 g/mol. The third-order valence-corrected chi connectivity index (χ3v) is 1.86. The summed E-state index contributed by atoms with van der Waals surface area (Å²) in [6.45, 7) is 6.41. The van der Waals surface area contributed by atoms with Crippen LogP contribution in [-0.2, 0) is 4.74 Å². The fourth-order valence-corrected chi connectivity index (χ4v) is 1.07. The Morgan fingerprint density at radius 2 is 2.25 bits per heavy atom. The topological polar surface area (TPSA) is 9.23 Å². The van der Waals surface area contributed by atoms with Crippen molar-refractivity contribution < 1.29 is 4.74 Å². The Morgan fingerprint density at radius 3 is 2.38 bits per heavy atom. The van der Waals surface area contributed by atoms with E-state index < -0.39 is 0 Å². The molecule has 1 fully saturated rings. The number of hydrogen-bond donors (Lipinski definition) is 0. The molecular formula is C7H13O. The Balaban J connectivity index is 2.20. The van der Waals surface area contributed by atoms with Crippen LogP contribution in [0.5, 0.6) is 0 Å². The summed E-state index contributed by atoms with van der Waals surface area (Å²) < 4.78 is 5.35. The molecule has 0 bridgehead atoms. The summed E-state index contributed by atoms with van der Waals surface area (Å²) in [5.74, 6) is 0. The zero-order valence-electron chi connectivity index (χ0n) is 5.44. The van der Waals surface area contributed by atoms with E-state index in [4.69, 9.17) is 4.74 Å². The van der Waals surface area contributed by atoms with Gasteiger partial charge < -0.3 is 4.74 Å². The molecule has 0 spiro atoms. The van der Waals surface area contributed by atoms with Gasteiger partial charge in [-0.3, -0.25) is 0 Å². The first-order valence-corrected chi connectivity index (χ1v) is 3.20. The molecule has 1 heteroatoms. The molecule has 1 rings (SSSR count). The lowest BCUT2D eigenvalue weighted by Crippen LogP contribution is -2.36. The van der Waals surface area contributed by atoms with Crippen molar-refractivity contribution in [2.75, 3.05) is 6.61 Å². The second-order valence-electron chi connectivity index (χ2n) is 2.65. The molecule has 47 valence electrons. The zero-order valence-corrected chi connectivity index (χ0v) is 5.44. The van der Waals surface area contributed by atoms with Crippen LogP contribution in [0.1, 0.15) is 26.2 Å². The third-order valence-electron chi connectivity index (χ3n) is 1.86. The fraction of sp³-hybridized carbons (Fsp3) is 0.857. The summed E-state index contributed by atoms with van der Waals surface area (Å²) in [5, 5.41) is 0. The van der Waals surface area contributed by atoms with Gasteiger partial charge in [0.2, 0.25) is 0 Å². The molecule has 0 amide bonds. The van der Waals surface area contributed by atoms with Gasteiger partial charge in [0, 0.05) is 6.61 Å². The van der Waals surface area contributed by atoms with Gasteiger partial charge in [0.15, 0.2) is 0 Å². The minimum atomic E-state index is 0.210. The van der Waals surface area contributed by atoms with Crippen LogP contribution in [-0.4, -0.2) is 12.2 Å². The minimum absolute atomic E-state index is 0.210. The van der Waals surface area contributed by atoms with Crippen LogP contribution in [0.15, 0.2) is 0 Å². The van der Waals surface area contributed by atoms with Crippen molar-refractivity contribution in [3.8, 4) is 0 Å². The van der Waals surface area contributed by atoms with E-state index in [1.807, 2.05) is 0 Å². The maximum atomic E-state index is 5.35. The fourth-order valence-electron chi connectivity index (χ4n) is 1.07. The highest BCUT2D eigenvalue weighted by atomic mass is 16.5. The van der Waals surface area contributed by atoms with Crippen molar-refractivity contribution in [2.24, 2.45) is 0 Å². The van der Waals surface area contributed by atoms with E-state index in [1.165, 1.54) is 19.3 Å². The standard InChI is InChI=1S/C7H13O/c1-3-8-7(2)5-4-6-7/h1,3-6H2,2H3. The average Bonchev–Trinajstić information content (AvgIpc) is 1.64. The molecule has 1 saturated carbocycles. The van der Waals surface area contributed by atoms with Gasteiger partial charge in [-0.25, -0.2) is 0 Å². The van der Waals surface area contributed by atoms with Crippen LogP contribution in [0.4, 0.5) is 0 Å². The predicted molar refractivity (Wildman–Crippen MR) is 33.6 cm³/mol. The first-order chi connectivity index (χ1) is 3.77. The van der Waals surface area contributed by atoms with E-state index in [1.54, 1.807) is 0 Å². The number of ether oxygens (including phenoxy) is 1. The highest BCUT2D eigenvalue weighted by Crippen LogP contribution is 2.34. The van der Waals surface area contributed by atoms with Crippen LogP contribution in [0.3, 0.4) is 0 Å². The second kappa shape index (κ2) is 2.06. The van der Waals surface area contributed by atoms with Gasteiger partial charge in [-0.15, -0.1) is 0 Å². The van der Waals surface area contributed by atoms with E-state index in [0.717, 1.165) is 0 Å². The summed E-state index contributed by atoms with van der Waals surface area (Å²) in [5.41, 5.74) is 0.210. The summed E-state index contributed by atoms with van der Waals surface area (Å²) >= 11 is 0. The number of hydrogen-bond acceptors (Lipinski definition) is 1. The Bertz CT molecular complexity index is 74.5. The first kappa shape index (κ1) is 6.09. The Morgan fingerprint density at radius 1 is 1.62 bits per heavy atom. The maximum Gasteiger partial charge on any atom is 0.0654 e. The summed E-state index contributed by atoms with van der Waals surface area (Å²) in [6.07, 6.45) is 3.78. The molecular weight excluding hydrogens is 100 g/mol. The second-order valence-corrected chi connectivity index (χ2v) is 2.65. The summed E-state index contributed by atoms with van der Waals surface area (Å²) in [4.78, 5) is 0. The van der Waals surface area contributed by atoms with Gasteiger partial charge >= 0.3 is 0 Å². The highest BCUT2D eigenvalue weighted by molar-refractivity contribution is 4.84. The van der Waals surface area contributed by atoms with E-state index in [-0.39, 0.29) is 5.60 Å². The van der Waals surface area contributed by atoms with Crippen LogP contribution >= 0.6 is 0 Å². The molecule has 0 N–H and O–H groups in total. The predicted octanol–water partition coefficient (Wildman–Crippen LogP) is 1.78. The lowest BCUT2D eigenvalue weighted by atomic mass is 9.82. The maximum absolute atomic E-state index is 5.35. The van der Waals surface area contributed by atoms with Crippen molar-refractivity contribution >= 4 is 0 Å². The molecule has 1 aliphatic carbocycles. The van der Waals surface area contributed by atoms with Crippen molar-refractivity contribution in [1.29, 1.82) is 0 Å². The molecule has 0 saturated heterocycles. The highest BCUT2D eigenvalue weighted by Gasteiger charge is 2.31. The van der Waals surface area contributed by atoms with Gasteiger partial charge in [0.25, 0.3) is 0 Å². The van der Waals surface area contributed by atoms with Crippen molar-refractivity contribution in [2.45, 2.75) is 31.8 Å². The molecule has 0 aromatic heterocycles. The van der Waals surface area contributed by atoms with E-state index >= 15 is 0 Å². The molecule has 0 aromatic carbocycles. The largest absolute Gasteiger partial charge is 0.375 e. The van der Waals surface area contributed by atoms with E-state index in [9.17, 15) is 0 Å². The first-order valence-electron chi connectivity index (χ1n) is 3.20. The normalized spacial score (nSPS) is 24.8. The molecule has 8 heavy (non-hydrogen) atoms. The lowest BCUT2D eigenvalue weighted by Gasteiger charge is -2.37.